The number of nitrogens with one attached hydrogen (secondary N) is 1. The molecule has 6 heteroatoms. The maximum absolute atomic E-state index is 11.9. The lowest BCUT2D eigenvalue weighted by molar-refractivity contribution is 0.0956. The number of anilines is 1. The van der Waals surface area contributed by atoms with Crippen LogP contribution in [0.4, 0.5) is 5.69 Å². The number of nitrogen functional groups attached to an aromatic ring is 1. The van der Waals surface area contributed by atoms with Crippen molar-refractivity contribution in [3.63, 3.8) is 0 Å². The van der Waals surface area contributed by atoms with Crippen LogP contribution in [0.2, 0.25) is 10.0 Å². The highest BCUT2D eigenvalue weighted by molar-refractivity contribution is 6.38. The van der Waals surface area contributed by atoms with Gasteiger partial charge in [-0.15, -0.1) is 0 Å². The van der Waals surface area contributed by atoms with E-state index < -0.39 is 5.91 Å². The highest BCUT2D eigenvalue weighted by Gasteiger charge is 2.07. The van der Waals surface area contributed by atoms with Gasteiger partial charge in [0, 0.05) is 11.3 Å². The van der Waals surface area contributed by atoms with E-state index >= 15 is 0 Å². The van der Waals surface area contributed by atoms with Gasteiger partial charge in [-0.05, 0) is 24.3 Å². The molecular formula is C14H11Cl2N3O. The van der Waals surface area contributed by atoms with Gasteiger partial charge in [0.25, 0.3) is 5.91 Å². The Bertz CT molecular complexity index is 651. The molecule has 0 aliphatic carbocycles. The van der Waals surface area contributed by atoms with Crippen LogP contribution < -0.4 is 11.2 Å². The number of nitrogens with two attached hydrogens (primary N) is 1. The molecule has 4 nitrogen and oxygen atoms in total. The van der Waals surface area contributed by atoms with Crippen molar-refractivity contribution in [2.24, 2.45) is 5.10 Å². The molecule has 0 saturated carbocycles. The molecule has 0 aromatic heterocycles. The van der Waals surface area contributed by atoms with Crippen molar-refractivity contribution in [1.82, 2.24) is 5.43 Å². The highest BCUT2D eigenvalue weighted by Crippen LogP contribution is 2.22. The topological polar surface area (TPSA) is 67.5 Å². The molecule has 1 amide bonds. The number of hydrazone groups is 1. The number of rotatable bonds is 3. The molecule has 2 aromatic rings. The van der Waals surface area contributed by atoms with Gasteiger partial charge < -0.3 is 5.73 Å². The molecule has 0 heterocycles. The first kappa shape index (κ1) is 14.4. The van der Waals surface area contributed by atoms with Crippen LogP contribution in [0.3, 0.4) is 0 Å². The third-order valence-electron chi connectivity index (χ3n) is 2.56. The number of para-hydroxylation sites is 1. The number of carbonyl (C=O) groups is 1. The van der Waals surface area contributed by atoms with Crippen molar-refractivity contribution in [1.29, 1.82) is 0 Å². The lowest BCUT2D eigenvalue weighted by atomic mass is 10.2. The molecule has 0 fully saturated rings. The summed E-state index contributed by atoms with van der Waals surface area (Å²) in [6.45, 7) is 0. The monoisotopic (exact) mass is 307 g/mol. The van der Waals surface area contributed by atoms with Gasteiger partial charge in [-0.3, -0.25) is 4.79 Å². The molecule has 0 radical (unpaired) electrons. The molecule has 2 aromatic carbocycles. The summed E-state index contributed by atoms with van der Waals surface area (Å²) in [4.78, 5) is 11.9. The molecule has 0 spiro atoms. The fourth-order valence-corrected chi connectivity index (χ4v) is 2.05. The zero-order chi connectivity index (χ0) is 14.5. The van der Waals surface area contributed by atoms with E-state index in [9.17, 15) is 4.79 Å². The molecule has 2 rings (SSSR count). The third kappa shape index (κ3) is 3.29. The minimum absolute atomic E-state index is 0.356. The van der Waals surface area contributed by atoms with Crippen LogP contribution in [0.5, 0.6) is 0 Å². The highest BCUT2D eigenvalue weighted by atomic mass is 35.5. The van der Waals surface area contributed by atoms with Crippen molar-refractivity contribution in [2.45, 2.75) is 0 Å². The molecule has 102 valence electrons. The van der Waals surface area contributed by atoms with Crippen LogP contribution >= 0.6 is 23.2 Å². The van der Waals surface area contributed by atoms with Crippen molar-refractivity contribution in [3.05, 3.63) is 63.6 Å². The summed E-state index contributed by atoms with van der Waals surface area (Å²) in [6, 6.07) is 11.8. The van der Waals surface area contributed by atoms with Gasteiger partial charge in [0.15, 0.2) is 0 Å². The first-order valence-corrected chi connectivity index (χ1v) is 6.47. The van der Waals surface area contributed by atoms with Gasteiger partial charge in [-0.1, -0.05) is 41.4 Å². The smallest absolute Gasteiger partial charge is 0.273 e. The molecule has 3 N–H and O–H groups in total. The molecule has 20 heavy (non-hydrogen) atoms. The summed E-state index contributed by atoms with van der Waals surface area (Å²) >= 11 is 12.0. The van der Waals surface area contributed by atoms with E-state index in [1.165, 1.54) is 6.21 Å². The number of carbonyl (C=O) groups excluding carboxylic acids is 1. The van der Waals surface area contributed by atoms with Gasteiger partial charge in [-0.25, -0.2) is 5.43 Å². The van der Waals surface area contributed by atoms with Crippen molar-refractivity contribution in [2.75, 3.05) is 5.73 Å². The average molecular weight is 308 g/mol. The minimum Gasteiger partial charge on any atom is -0.398 e. The largest absolute Gasteiger partial charge is 0.398 e. The zero-order valence-electron chi connectivity index (χ0n) is 10.3. The first-order chi connectivity index (χ1) is 9.59. The fourth-order valence-electron chi connectivity index (χ4n) is 1.55. The van der Waals surface area contributed by atoms with E-state index in [2.05, 4.69) is 10.5 Å². The number of benzene rings is 2. The second kappa shape index (κ2) is 6.41. The van der Waals surface area contributed by atoms with Crippen LogP contribution in [0.25, 0.3) is 0 Å². The van der Waals surface area contributed by atoms with Crippen LogP contribution in [0, 0.1) is 0 Å². The normalized spacial score (nSPS) is 10.7. The average Bonchev–Trinajstić information content (AvgIpc) is 2.42. The van der Waals surface area contributed by atoms with Gasteiger partial charge in [0.05, 0.1) is 21.8 Å². The zero-order valence-corrected chi connectivity index (χ0v) is 11.8. The Labute approximate surface area is 126 Å². The molecule has 0 unspecified atom stereocenters. The van der Waals surface area contributed by atoms with E-state index in [0.29, 0.717) is 26.9 Å². The van der Waals surface area contributed by atoms with Crippen LogP contribution in [0.1, 0.15) is 15.9 Å². The summed E-state index contributed by atoms with van der Waals surface area (Å²) in [5.41, 5.74) is 9.35. The van der Waals surface area contributed by atoms with E-state index in [0.717, 1.165) is 0 Å². The Kier molecular flexibility index (Phi) is 4.61. The molecule has 0 saturated heterocycles. The lowest BCUT2D eigenvalue weighted by Gasteiger charge is -2.03. The van der Waals surface area contributed by atoms with Crippen molar-refractivity contribution in [3.8, 4) is 0 Å². The Morgan fingerprint density at radius 2 is 1.75 bits per heavy atom. The van der Waals surface area contributed by atoms with Gasteiger partial charge in [0.1, 0.15) is 0 Å². The fraction of sp³-hybridized carbons (Fsp3) is 0. The number of halogens is 2. The van der Waals surface area contributed by atoms with Crippen molar-refractivity contribution < 1.29 is 4.79 Å². The number of hydrogen-bond donors (Lipinski definition) is 2. The van der Waals surface area contributed by atoms with Crippen LogP contribution in [-0.2, 0) is 0 Å². The van der Waals surface area contributed by atoms with Crippen LogP contribution in [0.15, 0.2) is 47.6 Å². The maximum Gasteiger partial charge on any atom is 0.273 e. The Hall–Kier alpha value is -2.04. The predicted octanol–water partition coefficient (Wildman–Crippen LogP) is 3.34. The lowest BCUT2D eigenvalue weighted by Crippen LogP contribution is -2.19. The van der Waals surface area contributed by atoms with E-state index in [1.807, 2.05) is 0 Å². The molecule has 0 bridgehead atoms. The van der Waals surface area contributed by atoms with Gasteiger partial charge >= 0.3 is 0 Å². The summed E-state index contributed by atoms with van der Waals surface area (Å²) in [7, 11) is 0. The summed E-state index contributed by atoms with van der Waals surface area (Å²) in [5, 5.41) is 4.74. The standard InChI is InChI=1S/C14H11Cl2N3O/c15-11-5-3-6-12(16)10(11)8-18-19-14(20)9-4-1-2-7-13(9)17/h1-8H,17H2,(H,19,20)/b18-8-. The Morgan fingerprint density at radius 1 is 1.10 bits per heavy atom. The van der Waals surface area contributed by atoms with E-state index in [1.54, 1.807) is 42.5 Å². The summed E-state index contributed by atoms with van der Waals surface area (Å²) in [5.74, 6) is -0.400. The second-order valence-corrected chi connectivity index (χ2v) is 4.74. The second-order valence-electron chi connectivity index (χ2n) is 3.92. The molecule has 0 aliphatic heterocycles. The number of nitrogens with zero attached hydrogens (tertiary/aromatic N) is 1. The quantitative estimate of drug-likeness (QED) is 0.519. The van der Waals surface area contributed by atoms with E-state index in [-0.39, 0.29) is 0 Å². The molecular weight excluding hydrogens is 297 g/mol. The maximum atomic E-state index is 11.9. The van der Waals surface area contributed by atoms with Crippen molar-refractivity contribution >= 4 is 41.0 Å². The summed E-state index contributed by atoms with van der Waals surface area (Å²) in [6.07, 6.45) is 1.39. The first-order valence-electron chi connectivity index (χ1n) is 5.71. The SMILES string of the molecule is Nc1ccccc1C(=O)N/N=C\c1c(Cl)cccc1Cl. The Balaban J connectivity index is 2.11. The molecule has 0 atom stereocenters. The summed E-state index contributed by atoms with van der Waals surface area (Å²) < 4.78 is 0. The third-order valence-corrected chi connectivity index (χ3v) is 3.22. The van der Waals surface area contributed by atoms with Gasteiger partial charge in [-0.2, -0.15) is 5.10 Å². The predicted molar refractivity (Wildman–Crippen MR) is 82.4 cm³/mol. The van der Waals surface area contributed by atoms with Crippen LogP contribution in [-0.4, -0.2) is 12.1 Å². The Morgan fingerprint density at radius 3 is 2.40 bits per heavy atom. The molecule has 0 aliphatic rings. The number of hydrogen-bond acceptors (Lipinski definition) is 3. The van der Waals surface area contributed by atoms with Gasteiger partial charge in [0.2, 0.25) is 0 Å². The number of amides is 1. The van der Waals surface area contributed by atoms with E-state index in [4.69, 9.17) is 28.9 Å². The minimum atomic E-state index is -0.400.